The van der Waals surface area contributed by atoms with Crippen molar-refractivity contribution in [2.75, 3.05) is 6.54 Å². The van der Waals surface area contributed by atoms with Crippen molar-refractivity contribution in [3.05, 3.63) is 29.8 Å². The molecule has 0 radical (unpaired) electrons. The lowest BCUT2D eigenvalue weighted by Crippen LogP contribution is -2.40. The van der Waals surface area contributed by atoms with Crippen LogP contribution in [0, 0.1) is 0 Å². The molecule has 1 saturated heterocycles. The van der Waals surface area contributed by atoms with Gasteiger partial charge in [-0.3, -0.25) is 9.00 Å². The molecule has 1 aliphatic heterocycles. The number of carbonyl (C=O) groups excluding carboxylic acids is 1. The van der Waals surface area contributed by atoms with Crippen molar-refractivity contribution in [2.45, 2.75) is 42.9 Å². The molecule has 5 nitrogen and oxygen atoms in total. The van der Waals surface area contributed by atoms with E-state index in [2.05, 4.69) is 0 Å². The van der Waals surface area contributed by atoms with Crippen LogP contribution in [0.15, 0.2) is 29.2 Å². The third-order valence-electron chi connectivity index (χ3n) is 3.56. The van der Waals surface area contributed by atoms with Gasteiger partial charge in [0.1, 0.15) is 6.04 Å². The van der Waals surface area contributed by atoms with Gasteiger partial charge in [0.15, 0.2) is 0 Å². The number of carbonyl (C=O) groups is 2. The summed E-state index contributed by atoms with van der Waals surface area (Å²) in [6, 6.07) is 5.86. The highest BCUT2D eigenvalue weighted by molar-refractivity contribution is 7.85. The van der Waals surface area contributed by atoms with Crippen molar-refractivity contribution in [3.8, 4) is 0 Å². The van der Waals surface area contributed by atoms with E-state index in [1.54, 1.807) is 24.3 Å². The standard InChI is InChI=1S/C15H19NO4S/c1-10(2)21(20)12-7-5-11(6-8-12)14(17)16-9-3-4-13(16)15(18)19/h5-8,10,13H,3-4,9H2,1-2H3,(H,18,19)/t13-,21-/m1/s1. The van der Waals surface area contributed by atoms with Crippen molar-refractivity contribution < 1.29 is 18.9 Å². The van der Waals surface area contributed by atoms with Crippen LogP contribution in [0.3, 0.4) is 0 Å². The van der Waals surface area contributed by atoms with Crippen molar-refractivity contribution in [2.24, 2.45) is 0 Å². The van der Waals surface area contributed by atoms with Gasteiger partial charge in [-0.15, -0.1) is 0 Å². The number of carboxylic acids is 1. The number of hydrogen-bond donors (Lipinski definition) is 1. The number of rotatable bonds is 4. The van der Waals surface area contributed by atoms with E-state index < -0.39 is 22.8 Å². The lowest BCUT2D eigenvalue weighted by atomic mass is 10.1. The fourth-order valence-corrected chi connectivity index (χ4v) is 3.38. The van der Waals surface area contributed by atoms with Crippen LogP contribution in [0.1, 0.15) is 37.0 Å². The molecule has 0 aliphatic carbocycles. The van der Waals surface area contributed by atoms with Crippen LogP contribution in [-0.4, -0.2) is 43.9 Å². The molecular weight excluding hydrogens is 290 g/mol. The number of nitrogens with zero attached hydrogens (tertiary/aromatic N) is 1. The Kier molecular flexibility index (Phi) is 4.77. The van der Waals surface area contributed by atoms with Crippen molar-refractivity contribution in [1.29, 1.82) is 0 Å². The minimum absolute atomic E-state index is 0.0153. The average molecular weight is 309 g/mol. The molecule has 1 N–H and O–H groups in total. The molecule has 1 amide bonds. The fourth-order valence-electron chi connectivity index (χ4n) is 2.44. The van der Waals surface area contributed by atoms with Gasteiger partial charge in [-0.1, -0.05) is 13.8 Å². The molecule has 2 atom stereocenters. The quantitative estimate of drug-likeness (QED) is 0.921. The maximum atomic E-state index is 12.4. The average Bonchev–Trinajstić information content (AvgIpc) is 2.95. The number of carboxylic acid groups (broad SMARTS) is 1. The van der Waals surface area contributed by atoms with Crippen molar-refractivity contribution in [1.82, 2.24) is 4.90 Å². The molecule has 21 heavy (non-hydrogen) atoms. The second-order valence-corrected chi connectivity index (χ2v) is 7.37. The second kappa shape index (κ2) is 6.39. The minimum Gasteiger partial charge on any atom is -0.480 e. The highest BCUT2D eigenvalue weighted by atomic mass is 32.2. The topological polar surface area (TPSA) is 74.7 Å². The van der Waals surface area contributed by atoms with E-state index in [0.29, 0.717) is 29.8 Å². The molecule has 1 aromatic carbocycles. The summed E-state index contributed by atoms with van der Waals surface area (Å²) in [7, 11) is -1.09. The molecule has 6 heteroatoms. The first-order valence-corrected chi connectivity index (χ1v) is 8.17. The molecule has 1 fully saturated rings. The maximum Gasteiger partial charge on any atom is 0.326 e. The molecule has 0 unspecified atom stereocenters. The molecule has 0 spiro atoms. The van der Waals surface area contributed by atoms with E-state index in [1.807, 2.05) is 13.8 Å². The van der Waals surface area contributed by atoms with Crippen LogP contribution in [0.2, 0.25) is 0 Å². The normalized spacial score (nSPS) is 19.8. The Bertz CT molecular complexity index is 568. The molecule has 1 heterocycles. The van der Waals surface area contributed by atoms with Gasteiger partial charge < -0.3 is 10.0 Å². The van der Waals surface area contributed by atoms with Gasteiger partial charge in [-0.05, 0) is 37.1 Å². The summed E-state index contributed by atoms with van der Waals surface area (Å²) in [5, 5.41) is 9.14. The van der Waals surface area contributed by atoms with Crippen LogP contribution in [-0.2, 0) is 15.6 Å². The largest absolute Gasteiger partial charge is 0.480 e. The first kappa shape index (κ1) is 15.7. The lowest BCUT2D eigenvalue weighted by molar-refractivity contribution is -0.141. The summed E-state index contributed by atoms with van der Waals surface area (Å²) in [6.07, 6.45) is 1.20. The highest BCUT2D eigenvalue weighted by Gasteiger charge is 2.34. The van der Waals surface area contributed by atoms with E-state index in [-0.39, 0.29) is 11.2 Å². The van der Waals surface area contributed by atoms with Gasteiger partial charge in [0.05, 0.1) is 10.8 Å². The van der Waals surface area contributed by atoms with Crippen LogP contribution in [0.4, 0.5) is 0 Å². The first-order valence-electron chi connectivity index (χ1n) is 6.96. The van der Waals surface area contributed by atoms with Crippen molar-refractivity contribution in [3.63, 3.8) is 0 Å². The van der Waals surface area contributed by atoms with E-state index in [9.17, 15) is 13.8 Å². The predicted octanol–water partition coefficient (Wildman–Crippen LogP) is 1.89. The number of hydrogen-bond acceptors (Lipinski definition) is 3. The zero-order chi connectivity index (χ0) is 15.6. The summed E-state index contributed by atoms with van der Waals surface area (Å²) in [5.41, 5.74) is 0.438. The number of amides is 1. The maximum absolute atomic E-state index is 12.4. The molecule has 0 aromatic heterocycles. The van der Waals surface area contributed by atoms with Crippen LogP contribution < -0.4 is 0 Å². The Morgan fingerprint density at radius 2 is 1.90 bits per heavy atom. The SMILES string of the molecule is CC(C)[S@@](=O)c1ccc(C(=O)N2CCC[C@@H]2C(=O)O)cc1. The monoisotopic (exact) mass is 309 g/mol. The smallest absolute Gasteiger partial charge is 0.326 e. The van der Waals surface area contributed by atoms with Gasteiger partial charge in [0, 0.05) is 22.3 Å². The highest BCUT2D eigenvalue weighted by Crippen LogP contribution is 2.21. The van der Waals surface area contributed by atoms with E-state index in [4.69, 9.17) is 5.11 Å². The summed E-state index contributed by atoms with van der Waals surface area (Å²) in [6.45, 7) is 4.21. The lowest BCUT2D eigenvalue weighted by Gasteiger charge is -2.21. The Morgan fingerprint density at radius 3 is 2.43 bits per heavy atom. The second-order valence-electron chi connectivity index (χ2n) is 5.37. The molecular formula is C15H19NO4S. The predicted molar refractivity (Wildman–Crippen MR) is 79.7 cm³/mol. The van der Waals surface area contributed by atoms with Crippen LogP contribution in [0.25, 0.3) is 0 Å². The van der Waals surface area contributed by atoms with Gasteiger partial charge in [-0.2, -0.15) is 0 Å². The molecule has 2 rings (SSSR count). The molecule has 0 saturated carbocycles. The van der Waals surface area contributed by atoms with E-state index >= 15 is 0 Å². The fraction of sp³-hybridized carbons (Fsp3) is 0.467. The Labute approximate surface area is 126 Å². The van der Waals surface area contributed by atoms with Crippen LogP contribution >= 0.6 is 0 Å². The molecule has 114 valence electrons. The zero-order valence-corrected chi connectivity index (χ0v) is 12.9. The molecule has 1 aliphatic rings. The number of aliphatic carboxylic acids is 1. The summed E-state index contributed by atoms with van der Waals surface area (Å²) in [4.78, 5) is 25.6. The minimum atomic E-state index is -1.09. The zero-order valence-electron chi connectivity index (χ0n) is 12.1. The van der Waals surface area contributed by atoms with Gasteiger partial charge in [0.2, 0.25) is 0 Å². The summed E-state index contributed by atoms with van der Waals surface area (Å²) in [5.74, 6) is -1.24. The van der Waals surface area contributed by atoms with Crippen LogP contribution in [0.5, 0.6) is 0 Å². The van der Waals surface area contributed by atoms with Gasteiger partial charge >= 0.3 is 5.97 Å². The first-order chi connectivity index (χ1) is 9.91. The summed E-state index contributed by atoms with van der Waals surface area (Å²) < 4.78 is 12.0. The van der Waals surface area contributed by atoms with Gasteiger partial charge in [-0.25, -0.2) is 4.79 Å². The van der Waals surface area contributed by atoms with E-state index in [0.717, 1.165) is 0 Å². The van der Waals surface area contributed by atoms with E-state index in [1.165, 1.54) is 4.90 Å². The molecule has 0 bridgehead atoms. The van der Waals surface area contributed by atoms with Gasteiger partial charge in [0.25, 0.3) is 5.91 Å². The Balaban J connectivity index is 2.17. The molecule has 1 aromatic rings. The van der Waals surface area contributed by atoms with Crippen molar-refractivity contribution >= 4 is 22.7 Å². The number of benzene rings is 1. The Morgan fingerprint density at radius 1 is 1.29 bits per heavy atom. The Hall–Kier alpha value is -1.69. The number of likely N-dealkylation sites (tertiary alicyclic amines) is 1. The third-order valence-corrected chi connectivity index (χ3v) is 5.15. The third kappa shape index (κ3) is 3.32. The summed E-state index contributed by atoms with van der Waals surface area (Å²) >= 11 is 0.